The second-order valence-electron chi connectivity index (χ2n) is 11.2. The Bertz CT molecular complexity index is 1810. The van der Waals surface area contributed by atoms with E-state index in [4.69, 9.17) is 28.9 Å². The Hall–Kier alpha value is -5.10. The minimum Gasteiger partial charge on any atom is -0.493 e. The maximum Gasteiger partial charge on any atom is 0.160 e. The van der Waals surface area contributed by atoms with E-state index in [-0.39, 0.29) is 23.7 Å². The number of ether oxygens (including phenoxy) is 4. The van der Waals surface area contributed by atoms with Crippen LogP contribution in [0.4, 0.5) is 0 Å². The van der Waals surface area contributed by atoms with Gasteiger partial charge < -0.3 is 18.9 Å². The maximum atomic E-state index is 5.81. The third-order valence-corrected chi connectivity index (χ3v) is 9.22. The molecular weight excluding hydrogens is 548 g/mol. The van der Waals surface area contributed by atoms with Gasteiger partial charge in [-0.1, -0.05) is 48.5 Å². The van der Waals surface area contributed by atoms with E-state index < -0.39 is 0 Å². The van der Waals surface area contributed by atoms with Crippen molar-refractivity contribution in [2.24, 2.45) is 0 Å². The van der Waals surface area contributed by atoms with Gasteiger partial charge in [0.25, 0.3) is 0 Å². The van der Waals surface area contributed by atoms with Crippen LogP contribution in [0.5, 0.6) is 23.0 Å². The van der Waals surface area contributed by atoms with E-state index in [0.29, 0.717) is 11.5 Å². The zero-order valence-corrected chi connectivity index (χ0v) is 25.2. The van der Waals surface area contributed by atoms with Gasteiger partial charge in [0.2, 0.25) is 0 Å². The van der Waals surface area contributed by atoms with Crippen LogP contribution in [-0.4, -0.2) is 38.4 Å². The van der Waals surface area contributed by atoms with Crippen molar-refractivity contribution in [3.8, 4) is 23.0 Å². The minimum atomic E-state index is 0.115. The van der Waals surface area contributed by atoms with E-state index in [9.17, 15) is 0 Å². The molecule has 4 aromatic carbocycles. The van der Waals surface area contributed by atoms with Crippen LogP contribution < -0.4 is 18.9 Å². The van der Waals surface area contributed by atoms with E-state index in [1.807, 2.05) is 36.7 Å². The first-order valence-electron chi connectivity index (χ1n) is 14.8. The molecule has 0 amide bonds. The highest BCUT2D eigenvalue weighted by Gasteiger charge is 2.54. The molecule has 0 atom stereocenters. The van der Waals surface area contributed by atoms with Crippen molar-refractivity contribution < 1.29 is 18.9 Å². The van der Waals surface area contributed by atoms with Gasteiger partial charge in [0.05, 0.1) is 39.5 Å². The van der Waals surface area contributed by atoms with Crippen LogP contribution in [0.3, 0.4) is 0 Å². The number of hydrogen-bond acceptors (Lipinski definition) is 6. The Balaban J connectivity index is 1.52. The third-order valence-electron chi connectivity index (χ3n) is 9.22. The zero-order valence-electron chi connectivity index (χ0n) is 25.2. The SMILES string of the molecule is COc1ccc(C2C(c3ccnc4ccccc34)C(c3ccc(OC)c(OC)c3)C2c2ccnc3ccccc23)cc1OC. The Kier molecular flexibility index (Phi) is 7.26. The summed E-state index contributed by atoms with van der Waals surface area (Å²) in [7, 11) is 6.73. The lowest BCUT2D eigenvalue weighted by atomic mass is 9.48. The summed E-state index contributed by atoms with van der Waals surface area (Å²) in [6.07, 6.45) is 3.87. The van der Waals surface area contributed by atoms with Crippen LogP contribution >= 0.6 is 0 Å². The molecule has 0 radical (unpaired) electrons. The monoisotopic (exact) mass is 582 g/mol. The Morgan fingerprint density at radius 2 is 0.841 bits per heavy atom. The third kappa shape index (κ3) is 4.49. The van der Waals surface area contributed by atoms with Crippen LogP contribution in [0.1, 0.15) is 45.9 Å². The summed E-state index contributed by atoms with van der Waals surface area (Å²) in [6.45, 7) is 0. The fourth-order valence-electron chi connectivity index (χ4n) is 7.29. The van der Waals surface area contributed by atoms with Gasteiger partial charge in [0.15, 0.2) is 23.0 Å². The largest absolute Gasteiger partial charge is 0.493 e. The Labute approximate surface area is 257 Å². The highest BCUT2D eigenvalue weighted by atomic mass is 16.5. The van der Waals surface area contributed by atoms with Crippen LogP contribution in [0, 0.1) is 0 Å². The number of para-hydroxylation sites is 2. The quantitative estimate of drug-likeness (QED) is 0.180. The summed E-state index contributed by atoms with van der Waals surface area (Å²) in [4.78, 5) is 9.43. The minimum absolute atomic E-state index is 0.115. The van der Waals surface area contributed by atoms with Crippen LogP contribution in [0.25, 0.3) is 21.8 Å². The van der Waals surface area contributed by atoms with Gasteiger partial charge in [0.1, 0.15) is 0 Å². The van der Waals surface area contributed by atoms with Gasteiger partial charge >= 0.3 is 0 Å². The van der Waals surface area contributed by atoms with Crippen molar-refractivity contribution in [1.82, 2.24) is 9.97 Å². The molecule has 6 aromatic rings. The zero-order chi connectivity index (χ0) is 30.2. The second kappa shape index (κ2) is 11.5. The van der Waals surface area contributed by atoms with Gasteiger partial charge in [-0.3, -0.25) is 9.97 Å². The molecule has 0 N–H and O–H groups in total. The molecule has 6 nitrogen and oxygen atoms in total. The molecule has 0 saturated heterocycles. The van der Waals surface area contributed by atoms with Crippen LogP contribution in [0.15, 0.2) is 109 Å². The average Bonchev–Trinajstić information content (AvgIpc) is 3.08. The van der Waals surface area contributed by atoms with Crippen molar-refractivity contribution in [3.63, 3.8) is 0 Å². The highest BCUT2D eigenvalue weighted by Crippen LogP contribution is 2.68. The maximum absolute atomic E-state index is 5.81. The normalized spacial score (nSPS) is 19.4. The van der Waals surface area contributed by atoms with Crippen LogP contribution in [-0.2, 0) is 0 Å². The molecule has 44 heavy (non-hydrogen) atoms. The summed E-state index contributed by atoms with van der Waals surface area (Å²) < 4.78 is 22.9. The molecule has 0 bridgehead atoms. The van der Waals surface area contributed by atoms with E-state index in [1.54, 1.807) is 28.4 Å². The highest BCUT2D eigenvalue weighted by molar-refractivity contribution is 5.85. The summed E-state index contributed by atoms with van der Waals surface area (Å²) in [5, 5.41) is 2.32. The number of aromatic nitrogens is 2. The fourth-order valence-corrected chi connectivity index (χ4v) is 7.29. The summed E-state index contributed by atoms with van der Waals surface area (Å²) in [6, 6.07) is 33.9. The second-order valence-corrected chi connectivity index (χ2v) is 11.2. The molecular formula is C38H34N2O4. The molecule has 2 heterocycles. The number of hydrogen-bond donors (Lipinski definition) is 0. The molecule has 2 aromatic heterocycles. The van der Waals surface area contributed by atoms with Gasteiger partial charge in [0, 0.05) is 23.2 Å². The molecule has 1 aliphatic carbocycles. The predicted octanol–water partition coefficient (Wildman–Crippen LogP) is 8.27. The number of fused-ring (bicyclic) bond motifs is 2. The number of methoxy groups -OCH3 is 4. The van der Waals surface area contributed by atoms with E-state index in [0.717, 1.165) is 33.3 Å². The average molecular weight is 583 g/mol. The van der Waals surface area contributed by atoms with Gasteiger partial charge in [-0.25, -0.2) is 0 Å². The molecule has 1 fully saturated rings. The number of nitrogens with zero attached hydrogens (tertiary/aromatic N) is 2. The van der Waals surface area contributed by atoms with Crippen molar-refractivity contribution in [2.75, 3.05) is 28.4 Å². The molecule has 6 heteroatoms. The Morgan fingerprint density at radius 1 is 0.432 bits per heavy atom. The number of benzene rings is 4. The first-order chi connectivity index (χ1) is 21.7. The molecule has 0 aliphatic heterocycles. The molecule has 7 rings (SSSR count). The topological polar surface area (TPSA) is 62.7 Å². The molecule has 0 unspecified atom stereocenters. The Morgan fingerprint density at radius 3 is 1.25 bits per heavy atom. The molecule has 1 aliphatic rings. The van der Waals surface area contributed by atoms with E-state index in [1.165, 1.54) is 22.3 Å². The first kappa shape index (κ1) is 27.7. The smallest absolute Gasteiger partial charge is 0.160 e. The lowest BCUT2D eigenvalue weighted by Crippen LogP contribution is -2.40. The first-order valence-corrected chi connectivity index (χ1v) is 14.8. The molecule has 1 saturated carbocycles. The van der Waals surface area contributed by atoms with Gasteiger partial charge in [-0.05, 0) is 94.5 Å². The lowest BCUT2D eigenvalue weighted by molar-refractivity contribution is 0.230. The van der Waals surface area contributed by atoms with E-state index in [2.05, 4.69) is 72.8 Å². The van der Waals surface area contributed by atoms with Crippen molar-refractivity contribution in [3.05, 3.63) is 132 Å². The molecule has 0 spiro atoms. The summed E-state index contributed by atoms with van der Waals surface area (Å²) in [5.74, 6) is 3.33. The van der Waals surface area contributed by atoms with Crippen LogP contribution in [0.2, 0.25) is 0 Å². The summed E-state index contributed by atoms with van der Waals surface area (Å²) in [5.41, 5.74) is 6.89. The summed E-state index contributed by atoms with van der Waals surface area (Å²) >= 11 is 0. The fraction of sp³-hybridized carbons (Fsp3) is 0.211. The van der Waals surface area contributed by atoms with Gasteiger partial charge in [-0.15, -0.1) is 0 Å². The van der Waals surface area contributed by atoms with Crippen molar-refractivity contribution >= 4 is 21.8 Å². The standard InChI is InChI=1S/C38H34N2O4/c1-41-31-15-13-23(21-33(31)43-3)35-37(27-17-19-39-29-11-7-5-9-25(27)29)36(24-14-16-32(42-2)34(22-24)44-4)38(35)28-18-20-40-30-12-8-6-10-26(28)30/h5-22,35-38H,1-4H3. The van der Waals surface area contributed by atoms with Crippen molar-refractivity contribution in [1.29, 1.82) is 0 Å². The van der Waals surface area contributed by atoms with E-state index >= 15 is 0 Å². The number of pyridine rings is 2. The van der Waals surface area contributed by atoms with Gasteiger partial charge in [-0.2, -0.15) is 0 Å². The lowest BCUT2D eigenvalue weighted by Gasteiger charge is -2.54. The van der Waals surface area contributed by atoms with Crippen molar-refractivity contribution in [2.45, 2.75) is 23.7 Å². The molecule has 220 valence electrons. The number of rotatable bonds is 8. The predicted molar refractivity (Wildman–Crippen MR) is 174 cm³/mol.